The lowest BCUT2D eigenvalue weighted by Gasteiger charge is -2.22. The molecule has 1 atom stereocenters. The van der Waals surface area contributed by atoms with E-state index >= 15 is 0 Å². The Bertz CT molecular complexity index is 210. The van der Waals surface area contributed by atoms with Gasteiger partial charge in [-0.2, -0.15) is 0 Å². The number of nitrogens with zero attached hydrogens (tertiary/aromatic N) is 2. The fourth-order valence-electron chi connectivity index (χ4n) is 1.95. The van der Waals surface area contributed by atoms with Crippen LogP contribution in [0.15, 0.2) is 0 Å². The van der Waals surface area contributed by atoms with Crippen molar-refractivity contribution in [3.63, 3.8) is 0 Å². The van der Waals surface area contributed by atoms with Crippen molar-refractivity contribution in [3.05, 3.63) is 0 Å². The van der Waals surface area contributed by atoms with Gasteiger partial charge in [0.2, 0.25) is 0 Å². The summed E-state index contributed by atoms with van der Waals surface area (Å²) in [5, 5.41) is 0.680. The van der Waals surface area contributed by atoms with Crippen LogP contribution in [0.25, 0.3) is 0 Å². The number of thiocarbonyl (C=S) groups is 1. The van der Waals surface area contributed by atoms with Crippen molar-refractivity contribution in [3.8, 4) is 0 Å². The van der Waals surface area contributed by atoms with E-state index in [-0.39, 0.29) is 0 Å². The van der Waals surface area contributed by atoms with E-state index in [2.05, 4.69) is 16.7 Å². The molecule has 0 aromatic heterocycles. The van der Waals surface area contributed by atoms with Crippen LogP contribution >= 0.6 is 12.2 Å². The Hall–Kier alpha value is -0.350. The van der Waals surface area contributed by atoms with Crippen molar-refractivity contribution < 1.29 is 4.74 Å². The molecule has 1 unspecified atom stereocenters. The first-order valence-corrected chi connectivity index (χ1v) is 5.30. The molecule has 0 amide bonds. The summed E-state index contributed by atoms with van der Waals surface area (Å²) in [6, 6.07) is 0. The highest BCUT2D eigenvalue weighted by Gasteiger charge is 2.24. The summed E-state index contributed by atoms with van der Waals surface area (Å²) in [5.41, 5.74) is 0. The Morgan fingerprint density at radius 2 is 2.38 bits per heavy atom. The van der Waals surface area contributed by atoms with Gasteiger partial charge in [0.05, 0.1) is 13.2 Å². The third-order valence-corrected chi connectivity index (χ3v) is 3.10. The van der Waals surface area contributed by atoms with Crippen molar-refractivity contribution >= 4 is 17.4 Å². The lowest BCUT2D eigenvalue weighted by atomic mass is 10.2. The maximum Gasteiger partial charge on any atom is 0.260 e. The van der Waals surface area contributed by atoms with Crippen LogP contribution in [0.2, 0.25) is 0 Å². The van der Waals surface area contributed by atoms with Crippen LogP contribution in [0.4, 0.5) is 0 Å². The topological polar surface area (TPSA) is 15.7 Å². The average molecular weight is 200 g/mol. The van der Waals surface area contributed by atoms with E-state index in [1.165, 1.54) is 19.5 Å². The first-order valence-electron chi connectivity index (χ1n) is 4.90. The van der Waals surface area contributed by atoms with E-state index in [4.69, 9.17) is 17.0 Å². The maximum absolute atomic E-state index is 5.23. The van der Waals surface area contributed by atoms with Gasteiger partial charge in [-0.3, -0.25) is 4.90 Å². The van der Waals surface area contributed by atoms with Crippen LogP contribution in [-0.2, 0) is 4.74 Å². The van der Waals surface area contributed by atoms with Crippen molar-refractivity contribution in [2.45, 2.75) is 13.3 Å². The van der Waals surface area contributed by atoms with Gasteiger partial charge in [0, 0.05) is 13.1 Å². The molecule has 0 saturated carbocycles. The molecule has 2 rings (SSSR count). The summed E-state index contributed by atoms with van der Waals surface area (Å²) in [5.74, 6) is 0.845. The predicted octanol–water partition coefficient (Wildman–Crippen LogP) is 0.903. The highest BCUT2D eigenvalue weighted by atomic mass is 32.1. The largest absolute Gasteiger partial charge is 0.469 e. The second-order valence-corrected chi connectivity index (χ2v) is 4.34. The van der Waals surface area contributed by atoms with Crippen molar-refractivity contribution in [2.75, 3.05) is 32.9 Å². The minimum Gasteiger partial charge on any atom is -0.469 e. The second kappa shape index (κ2) is 3.80. The first kappa shape index (κ1) is 9.21. The van der Waals surface area contributed by atoms with Gasteiger partial charge >= 0.3 is 0 Å². The summed E-state index contributed by atoms with van der Waals surface area (Å²) in [6.07, 6.45) is 1.32. The van der Waals surface area contributed by atoms with Gasteiger partial charge < -0.3 is 9.64 Å². The summed E-state index contributed by atoms with van der Waals surface area (Å²) < 4.78 is 5.23. The minimum absolute atomic E-state index is 0.680. The van der Waals surface area contributed by atoms with Gasteiger partial charge in [-0.1, -0.05) is 6.92 Å². The molecular weight excluding hydrogens is 184 g/mol. The van der Waals surface area contributed by atoms with Crippen LogP contribution in [0.3, 0.4) is 0 Å². The Labute approximate surface area is 84.6 Å². The fraction of sp³-hybridized carbons (Fsp3) is 0.889. The SMILES string of the molecule is CC1CCN(CN2CCOC2=S)C1. The molecule has 0 radical (unpaired) electrons. The molecule has 4 heteroatoms. The molecule has 0 aromatic carbocycles. The van der Waals surface area contributed by atoms with Gasteiger partial charge in [0.15, 0.2) is 0 Å². The summed E-state index contributed by atoms with van der Waals surface area (Å²) in [7, 11) is 0. The second-order valence-electron chi connectivity index (χ2n) is 3.99. The lowest BCUT2D eigenvalue weighted by Crippen LogP contribution is -2.37. The van der Waals surface area contributed by atoms with Crippen LogP contribution in [-0.4, -0.2) is 47.9 Å². The molecule has 0 aromatic rings. The molecule has 13 heavy (non-hydrogen) atoms. The highest BCUT2D eigenvalue weighted by molar-refractivity contribution is 7.80. The lowest BCUT2D eigenvalue weighted by molar-refractivity contribution is 0.230. The van der Waals surface area contributed by atoms with Crippen molar-refractivity contribution in [1.29, 1.82) is 0 Å². The zero-order chi connectivity index (χ0) is 9.26. The van der Waals surface area contributed by atoms with Gasteiger partial charge in [0.25, 0.3) is 5.17 Å². The van der Waals surface area contributed by atoms with E-state index < -0.39 is 0 Å². The fourth-order valence-corrected chi connectivity index (χ4v) is 2.18. The number of likely N-dealkylation sites (tertiary alicyclic amines) is 1. The number of ether oxygens (including phenoxy) is 1. The van der Waals surface area contributed by atoms with E-state index in [1.54, 1.807) is 0 Å². The number of rotatable bonds is 2. The van der Waals surface area contributed by atoms with Crippen LogP contribution in [0, 0.1) is 5.92 Å². The molecule has 3 nitrogen and oxygen atoms in total. The Morgan fingerprint density at radius 3 is 2.92 bits per heavy atom. The first-order chi connectivity index (χ1) is 6.25. The molecule has 2 aliphatic heterocycles. The Kier molecular flexibility index (Phi) is 2.69. The smallest absolute Gasteiger partial charge is 0.260 e. The van der Waals surface area contributed by atoms with Gasteiger partial charge in [-0.05, 0) is 24.6 Å². The Morgan fingerprint density at radius 1 is 1.54 bits per heavy atom. The normalized spacial score (nSPS) is 29.8. The molecule has 2 aliphatic rings. The summed E-state index contributed by atoms with van der Waals surface area (Å²) in [4.78, 5) is 4.60. The molecule has 0 spiro atoms. The van der Waals surface area contributed by atoms with Gasteiger partial charge in [-0.15, -0.1) is 0 Å². The third-order valence-electron chi connectivity index (χ3n) is 2.72. The minimum atomic E-state index is 0.680. The van der Waals surface area contributed by atoms with Crippen LogP contribution < -0.4 is 0 Å². The molecule has 74 valence electrons. The quantitative estimate of drug-likeness (QED) is 0.615. The predicted molar refractivity (Wildman–Crippen MR) is 55.5 cm³/mol. The van der Waals surface area contributed by atoms with Crippen molar-refractivity contribution in [1.82, 2.24) is 9.80 Å². The molecule has 0 aliphatic carbocycles. The van der Waals surface area contributed by atoms with E-state index in [9.17, 15) is 0 Å². The molecule has 0 N–H and O–H groups in total. The summed E-state index contributed by atoms with van der Waals surface area (Å²) >= 11 is 5.08. The van der Waals surface area contributed by atoms with Crippen molar-refractivity contribution in [2.24, 2.45) is 5.92 Å². The number of hydrogen-bond donors (Lipinski definition) is 0. The van der Waals surface area contributed by atoms with Crippen LogP contribution in [0.5, 0.6) is 0 Å². The zero-order valence-electron chi connectivity index (χ0n) is 8.03. The molecule has 2 fully saturated rings. The van der Waals surface area contributed by atoms with E-state index in [1.807, 2.05) is 0 Å². The van der Waals surface area contributed by atoms with E-state index in [0.29, 0.717) is 5.17 Å². The standard InChI is InChI=1S/C9H16N2OS/c1-8-2-3-10(6-8)7-11-4-5-12-9(11)13/h8H,2-7H2,1H3. The third kappa shape index (κ3) is 2.11. The highest BCUT2D eigenvalue weighted by Crippen LogP contribution is 2.16. The number of hydrogen-bond acceptors (Lipinski definition) is 3. The van der Waals surface area contributed by atoms with E-state index in [0.717, 1.165) is 25.7 Å². The maximum atomic E-state index is 5.23. The molecule has 2 heterocycles. The monoisotopic (exact) mass is 200 g/mol. The molecule has 2 saturated heterocycles. The zero-order valence-corrected chi connectivity index (χ0v) is 8.85. The van der Waals surface area contributed by atoms with Gasteiger partial charge in [-0.25, -0.2) is 0 Å². The average Bonchev–Trinajstić information content (AvgIpc) is 2.64. The van der Waals surface area contributed by atoms with Gasteiger partial charge in [0.1, 0.15) is 6.61 Å². The molecular formula is C9H16N2OS. The Balaban J connectivity index is 1.81. The van der Waals surface area contributed by atoms with Crippen LogP contribution in [0.1, 0.15) is 13.3 Å². The summed E-state index contributed by atoms with van der Waals surface area (Å²) in [6.45, 7) is 7.41. The molecule has 0 bridgehead atoms.